The molecule has 0 saturated heterocycles. The number of benzene rings is 1. The molecule has 0 saturated carbocycles. The van der Waals surface area contributed by atoms with Crippen molar-refractivity contribution in [2.24, 2.45) is 0 Å². The Labute approximate surface area is 141 Å². The number of nitrogens with zero attached hydrogens (tertiary/aromatic N) is 1. The normalized spacial score (nSPS) is 13.0. The van der Waals surface area contributed by atoms with Crippen LogP contribution in [0.3, 0.4) is 0 Å². The highest BCUT2D eigenvalue weighted by molar-refractivity contribution is 6.39. The van der Waals surface area contributed by atoms with Crippen molar-refractivity contribution in [3.63, 3.8) is 0 Å². The molecule has 2 atom stereocenters. The summed E-state index contributed by atoms with van der Waals surface area (Å²) in [6.07, 6.45) is 3.21. The third-order valence-corrected chi connectivity index (χ3v) is 3.71. The minimum atomic E-state index is -0.715. The number of nitrogens with one attached hydrogen (secondary N) is 2. The number of carbonyl (C=O) groups excluding carboxylic acids is 2. The molecule has 6 heteroatoms. The fraction of sp³-hybridized carbons (Fsp3) is 0.278. The van der Waals surface area contributed by atoms with Gasteiger partial charge in [0.2, 0.25) is 0 Å². The molecule has 1 aromatic carbocycles. The van der Waals surface area contributed by atoms with Crippen molar-refractivity contribution in [3.05, 3.63) is 59.9 Å². The first-order valence-corrected chi connectivity index (χ1v) is 7.65. The third kappa shape index (κ3) is 4.63. The van der Waals surface area contributed by atoms with E-state index < -0.39 is 11.8 Å². The molecule has 0 aliphatic heterocycles. The van der Waals surface area contributed by atoms with Crippen LogP contribution in [-0.4, -0.2) is 23.9 Å². The Hall–Kier alpha value is -2.73. The van der Waals surface area contributed by atoms with Crippen LogP contribution in [0.2, 0.25) is 0 Å². The Bertz CT molecular complexity index is 704. The maximum atomic E-state index is 12.1. The summed E-state index contributed by atoms with van der Waals surface area (Å²) >= 11 is 0. The van der Waals surface area contributed by atoms with Gasteiger partial charge in [-0.15, -0.1) is 0 Å². The van der Waals surface area contributed by atoms with Gasteiger partial charge in [-0.05, 0) is 43.2 Å². The lowest BCUT2D eigenvalue weighted by Gasteiger charge is -2.14. The zero-order chi connectivity index (χ0) is 17.5. The van der Waals surface area contributed by atoms with Crippen LogP contribution < -0.4 is 10.6 Å². The van der Waals surface area contributed by atoms with Crippen LogP contribution in [0.1, 0.15) is 37.1 Å². The van der Waals surface area contributed by atoms with Crippen molar-refractivity contribution in [3.8, 4) is 0 Å². The summed E-state index contributed by atoms with van der Waals surface area (Å²) in [5, 5.41) is 5.24. The van der Waals surface area contributed by atoms with Gasteiger partial charge in [-0.25, -0.2) is 0 Å². The van der Waals surface area contributed by atoms with Crippen LogP contribution >= 0.6 is 0 Å². The minimum Gasteiger partial charge on any atom is -0.377 e. The van der Waals surface area contributed by atoms with Crippen LogP contribution in [0.5, 0.6) is 0 Å². The van der Waals surface area contributed by atoms with E-state index in [0.29, 0.717) is 5.69 Å². The summed E-state index contributed by atoms with van der Waals surface area (Å²) in [5.74, 6) is -1.41. The van der Waals surface area contributed by atoms with Gasteiger partial charge in [0.1, 0.15) is 0 Å². The average molecular weight is 327 g/mol. The summed E-state index contributed by atoms with van der Waals surface area (Å²) in [6.45, 7) is 3.70. The van der Waals surface area contributed by atoms with Crippen molar-refractivity contribution in [1.82, 2.24) is 10.3 Å². The predicted molar refractivity (Wildman–Crippen MR) is 91.3 cm³/mol. The number of hydrogen-bond donors (Lipinski definition) is 2. The Morgan fingerprint density at radius 3 is 2.50 bits per heavy atom. The molecule has 126 valence electrons. The van der Waals surface area contributed by atoms with Gasteiger partial charge < -0.3 is 15.4 Å². The monoisotopic (exact) mass is 327 g/mol. The van der Waals surface area contributed by atoms with E-state index in [1.807, 2.05) is 19.1 Å². The first kappa shape index (κ1) is 17.6. The van der Waals surface area contributed by atoms with Gasteiger partial charge in [0, 0.05) is 25.2 Å². The van der Waals surface area contributed by atoms with Crippen molar-refractivity contribution in [2.75, 3.05) is 12.4 Å². The standard InChI is InChI=1S/C18H21N3O3/c1-12(15-7-5-9-19-11-15)20-17(22)18(23)21-16-8-4-6-14(10-16)13(2)24-3/h4-13H,1-3H3,(H,20,22)(H,21,23)/t12-,13-/m0/s1. The Kier molecular flexibility index (Phi) is 6.03. The van der Waals surface area contributed by atoms with E-state index in [9.17, 15) is 9.59 Å². The number of amides is 2. The lowest BCUT2D eigenvalue weighted by molar-refractivity contribution is -0.136. The highest BCUT2D eigenvalue weighted by Crippen LogP contribution is 2.19. The van der Waals surface area contributed by atoms with E-state index in [0.717, 1.165) is 11.1 Å². The summed E-state index contributed by atoms with van der Waals surface area (Å²) in [5.41, 5.74) is 2.29. The van der Waals surface area contributed by atoms with E-state index in [4.69, 9.17) is 4.74 Å². The first-order valence-electron chi connectivity index (χ1n) is 7.65. The zero-order valence-corrected chi connectivity index (χ0v) is 13.9. The molecular weight excluding hydrogens is 306 g/mol. The van der Waals surface area contributed by atoms with Crippen LogP contribution in [-0.2, 0) is 14.3 Å². The van der Waals surface area contributed by atoms with Crippen LogP contribution in [0.4, 0.5) is 5.69 Å². The van der Waals surface area contributed by atoms with Gasteiger partial charge in [0.25, 0.3) is 0 Å². The molecule has 6 nitrogen and oxygen atoms in total. The molecule has 24 heavy (non-hydrogen) atoms. The van der Waals surface area contributed by atoms with Crippen LogP contribution in [0, 0.1) is 0 Å². The Morgan fingerprint density at radius 1 is 1.08 bits per heavy atom. The zero-order valence-electron chi connectivity index (χ0n) is 13.9. The SMILES string of the molecule is CO[C@@H](C)c1cccc(NC(=O)C(=O)N[C@@H](C)c2cccnc2)c1. The molecule has 2 N–H and O–H groups in total. The van der Waals surface area contributed by atoms with E-state index in [1.54, 1.807) is 50.7 Å². The van der Waals surface area contributed by atoms with Crippen molar-refractivity contribution in [2.45, 2.75) is 26.0 Å². The summed E-state index contributed by atoms with van der Waals surface area (Å²) in [7, 11) is 1.61. The van der Waals surface area contributed by atoms with E-state index in [2.05, 4.69) is 15.6 Å². The van der Waals surface area contributed by atoms with E-state index in [1.165, 1.54) is 0 Å². The van der Waals surface area contributed by atoms with Crippen LogP contribution in [0.15, 0.2) is 48.8 Å². The molecule has 2 amide bonds. The second-order valence-corrected chi connectivity index (χ2v) is 5.44. The highest BCUT2D eigenvalue weighted by Gasteiger charge is 2.17. The van der Waals surface area contributed by atoms with E-state index >= 15 is 0 Å². The maximum Gasteiger partial charge on any atom is 0.313 e. The molecule has 0 aliphatic carbocycles. The molecular formula is C18H21N3O3. The molecule has 0 fully saturated rings. The fourth-order valence-corrected chi connectivity index (χ4v) is 2.17. The molecule has 0 unspecified atom stereocenters. The molecule has 1 heterocycles. The average Bonchev–Trinajstić information content (AvgIpc) is 2.61. The molecule has 0 radical (unpaired) electrons. The molecule has 1 aromatic heterocycles. The van der Waals surface area contributed by atoms with Gasteiger partial charge in [0.15, 0.2) is 0 Å². The number of ether oxygens (including phenoxy) is 1. The third-order valence-electron chi connectivity index (χ3n) is 3.71. The minimum absolute atomic E-state index is 0.0960. The highest BCUT2D eigenvalue weighted by atomic mass is 16.5. The van der Waals surface area contributed by atoms with Crippen molar-refractivity contribution in [1.29, 1.82) is 0 Å². The lowest BCUT2D eigenvalue weighted by Crippen LogP contribution is -2.36. The number of carbonyl (C=O) groups is 2. The van der Waals surface area contributed by atoms with Gasteiger partial charge in [-0.1, -0.05) is 18.2 Å². The molecule has 2 rings (SSSR count). The molecule has 0 aliphatic rings. The van der Waals surface area contributed by atoms with Crippen molar-refractivity contribution >= 4 is 17.5 Å². The number of anilines is 1. The molecule has 0 bridgehead atoms. The predicted octanol–water partition coefficient (Wildman–Crippen LogP) is 2.60. The van der Waals surface area contributed by atoms with Crippen LogP contribution in [0.25, 0.3) is 0 Å². The Morgan fingerprint density at radius 2 is 1.83 bits per heavy atom. The van der Waals surface area contributed by atoms with Gasteiger partial charge >= 0.3 is 11.8 Å². The smallest absolute Gasteiger partial charge is 0.313 e. The molecule has 2 aromatic rings. The lowest BCUT2D eigenvalue weighted by atomic mass is 10.1. The maximum absolute atomic E-state index is 12.1. The second kappa shape index (κ2) is 8.21. The number of rotatable bonds is 5. The number of methoxy groups -OCH3 is 1. The summed E-state index contributed by atoms with van der Waals surface area (Å²) in [4.78, 5) is 28.1. The molecule has 0 spiro atoms. The second-order valence-electron chi connectivity index (χ2n) is 5.44. The first-order chi connectivity index (χ1) is 11.5. The van der Waals surface area contributed by atoms with Gasteiger partial charge in [-0.2, -0.15) is 0 Å². The number of hydrogen-bond acceptors (Lipinski definition) is 4. The van der Waals surface area contributed by atoms with E-state index in [-0.39, 0.29) is 12.1 Å². The topological polar surface area (TPSA) is 80.3 Å². The number of aromatic nitrogens is 1. The quantitative estimate of drug-likeness (QED) is 0.827. The van der Waals surface area contributed by atoms with Gasteiger partial charge in [0.05, 0.1) is 12.1 Å². The fourth-order valence-electron chi connectivity index (χ4n) is 2.17. The summed E-state index contributed by atoms with van der Waals surface area (Å²) in [6, 6.07) is 10.5. The Balaban J connectivity index is 1.98. The largest absolute Gasteiger partial charge is 0.377 e. The van der Waals surface area contributed by atoms with Crippen molar-refractivity contribution < 1.29 is 14.3 Å². The summed E-state index contributed by atoms with van der Waals surface area (Å²) < 4.78 is 5.25. The van der Waals surface area contributed by atoms with Gasteiger partial charge in [-0.3, -0.25) is 14.6 Å². The number of pyridine rings is 1.